The van der Waals surface area contributed by atoms with Crippen molar-refractivity contribution in [1.82, 2.24) is 4.90 Å². The first kappa shape index (κ1) is 15.8. The summed E-state index contributed by atoms with van der Waals surface area (Å²) in [7, 11) is 0. The molecule has 0 saturated heterocycles. The second kappa shape index (κ2) is 7.46. The average Bonchev–Trinajstić information content (AvgIpc) is 2.47. The molecule has 1 N–H and O–H groups in total. The van der Waals surface area contributed by atoms with Gasteiger partial charge in [-0.05, 0) is 23.8 Å². The van der Waals surface area contributed by atoms with Gasteiger partial charge in [0.2, 0.25) is 0 Å². The second-order valence-electron chi connectivity index (χ2n) is 4.56. The third-order valence-corrected chi connectivity index (χ3v) is 3.58. The predicted octanol–water partition coefficient (Wildman–Crippen LogP) is 3.63. The lowest BCUT2D eigenvalue weighted by molar-refractivity contribution is 0.0708. The van der Waals surface area contributed by atoms with Crippen LogP contribution < -0.4 is 0 Å². The van der Waals surface area contributed by atoms with E-state index >= 15 is 0 Å². The first-order chi connectivity index (χ1) is 10.1. The fourth-order valence-electron chi connectivity index (χ4n) is 2.01. The molecule has 0 aliphatic carbocycles. The summed E-state index contributed by atoms with van der Waals surface area (Å²) < 4.78 is 0. The molecular formula is C16H15Cl2NO2. The van der Waals surface area contributed by atoms with Crippen LogP contribution in [0.1, 0.15) is 15.9 Å². The second-order valence-corrected chi connectivity index (χ2v) is 5.40. The van der Waals surface area contributed by atoms with E-state index in [2.05, 4.69) is 0 Å². The molecule has 0 atom stereocenters. The van der Waals surface area contributed by atoms with Crippen molar-refractivity contribution in [2.75, 3.05) is 13.2 Å². The Morgan fingerprint density at radius 3 is 2.43 bits per heavy atom. The first-order valence-electron chi connectivity index (χ1n) is 6.51. The van der Waals surface area contributed by atoms with Gasteiger partial charge in [0.1, 0.15) is 0 Å². The van der Waals surface area contributed by atoms with Crippen LogP contribution in [0.15, 0.2) is 48.5 Å². The maximum atomic E-state index is 12.6. The van der Waals surface area contributed by atoms with Gasteiger partial charge >= 0.3 is 0 Å². The van der Waals surface area contributed by atoms with Gasteiger partial charge in [0, 0.05) is 18.1 Å². The highest BCUT2D eigenvalue weighted by atomic mass is 35.5. The highest BCUT2D eigenvalue weighted by molar-refractivity contribution is 6.36. The minimum Gasteiger partial charge on any atom is -0.395 e. The minimum absolute atomic E-state index is 0.107. The molecule has 0 spiro atoms. The van der Waals surface area contributed by atoms with E-state index in [0.717, 1.165) is 5.56 Å². The standard InChI is InChI=1S/C16H15Cl2NO2/c17-13-6-7-14(15(18)10-13)16(21)19(8-9-20)11-12-4-2-1-3-5-12/h1-7,10,20H,8-9,11H2. The maximum Gasteiger partial charge on any atom is 0.255 e. The monoisotopic (exact) mass is 323 g/mol. The normalized spacial score (nSPS) is 10.4. The van der Waals surface area contributed by atoms with E-state index in [4.69, 9.17) is 23.2 Å². The maximum absolute atomic E-state index is 12.6. The van der Waals surface area contributed by atoms with E-state index < -0.39 is 0 Å². The van der Waals surface area contributed by atoms with Gasteiger partial charge in [-0.1, -0.05) is 53.5 Å². The van der Waals surface area contributed by atoms with E-state index in [1.807, 2.05) is 30.3 Å². The molecule has 0 heterocycles. The summed E-state index contributed by atoms with van der Waals surface area (Å²) in [6.07, 6.45) is 0. The van der Waals surface area contributed by atoms with E-state index in [1.54, 1.807) is 17.0 Å². The van der Waals surface area contributed by atoms with Crippen LogP contribution in [-0.2, 0) is 6.54 Å². The summed E-state index contributed by atoms with van der Waals surface area (Å²) in [5.41, 5.74) is 1.37. The molecular weight excluding hydrogens is 309 g/mol. The molecule has 0 aromatic heterocycles. The number of carbonyl (C=O) groups is 1. The number of carbonyl (C=O) groups excluding carboxylic acids is 1. The Labute approximate surface area is 133 Å². The molecule has 2 rings (SSSR count). The summed E-state index contributed by atoms with van der Waals surface area (Å²) in [5, 5.41) is 9.96. The van der Waals surface area contributed by atoms with Crippen LogP contribution in [-0.4, -0.2) is 29.1 Å². The number of hydrogen-bond donors (Lipinski definition) is 1. The number of nitrogens with zero attached hydrogens (tertiary/aromatic N) is 1. The van der Waals surface area contributed by atoms with Gasteiger partial charge < -0.3 is 10.0 Å². The molecule has 1 amide bonds. The van der Waals surface area contributed by atoms with E-state index in [0.29, 0.717) is 22.2 Å². The Kier molecular flexibility index (Phi) is 5.62. The topological polar surface area (TPSA) is 40.5 Å². The number of hydrogen-bond acceptors (Lipinski definition) is 2. The Hall–Kier alpha value is -1.55. The zero-order chi connectivity index (χ0) is 15.2. The lowest BCUT2D eigenvalue weighted by Crippen LogP contribution is -2.33. The lowest BCUT2D eigenvalue weighted by atomic mass is 10.1. The molecule has 2 aromatic carbocycles. The summed E-state index contributed by atoms with van der Waals surface area (Å²) in [6, 6.07) is 14.4. The van der Waals surface area contributed by atoms with Crippen molar-refractivity contribution >= 4 is 29.1 Å². The third-order valence-electron chi connectivity index (χ3n) is 3.03. The molecule has 3 nitrogen and oxygen atoms in total. The number of aliphatic hydroxyl groups is 1. The lowest BCUT2D eigenvalue weighted by Gasteiger charge is -2.22. The summed E-state index contributed by atoms with van der Waals surface area (Å²) in [4.78, 5) is 14.1. The van der Waals surface area contributed by atoms with Crippen molar-refractivity contribution in [2.24, 2.45) is 0 Å². The Morgan fingerprint density at radius 1 is 1.10 bits per heavy atom. The van der Waals surface area contributed by atoms with Crippen molar-refractivity contribution in [3.63, 3.8) is 0 Å². The van der Waals surface area contributed by atoms with Gasteiger partial charge in [0.25, 0.3) is 5.91 Å². The number of benzene rings is 2. The fraction of sp³-hybridized carbons (Fsp3) is 0.188. The molecule has 21 heavy (non-hydrogen) atoms. The number of aliphatic hydroxyl groups excluding tert-OH is 1. The minimum atomic E-state index is -0.227. The molecule has 0 saturated carbocycles. The van der Waals surface area contributed by atoms with E-state index in [1.165, 1.54) is 6.07 Å². The van der Waals surface area contributed by atoms with Crippen LogP contribution in [0, 0.1) is 0 Å². The Bertz CT molecular complexity index is 617. The Balaban J connectivity index is 2.23. The zero-order valence-electron chi connectivity index (χ0n) is 11.3. The van der Waals surface area contributed by atoms with Crippen molar-refractivity contribution in [3.05, 3.63) is 69.7 Å². The van der Waals surface area contributed by atoms with Gasteiger partial charge in [-0.3, -0.25) is 4.79 Å². The first-order valence-corrected chi connectivity index (χ1v) is 7.26. The van der Waals surface area contributed by atoms with Gasteiger partial charge in [-0.25, -0.2) is 0 Å². The van der Waals surface area contributed by atoms with Gasteiger partial charge in [-0.15, -0.1) is 0 Å². The smallest absolute Gasteiger partial charge is 0.255 e. The van der Waals surface area contributed by atoms with Gasteiger partial charge in [0.15, 0.2) is 0 Å². The quantitative estimate of drug-likeness (QED) is 0.912. The van der Waals surface area contributed by atoms with Crippen molar-refractivity contribution in [2.45, 2.75) is 6.54 Å². The molecule has 5 heteroatoms. The summed E-state index contributed by atoms with van der Waals surface area (Å²) >= 11 is 11.9. The number of amides is 1. The number of halogens is 2. The van der Waals surface area contributed by atoms with Crippen molar-refractivity contribution in [1.29, 1.82) is 0 Å². The largest absolute Gasteiger partial charge is 0.395 e. The molecule has 110 valence electrons. The predicted molar refractivity (Wildman–Crippen MR) is 84.7 cm³/mol. The fourth-order valence-corrected chi connectivity index (χ4v) is 2.50. The van der Waals surface area contributed by atoms with Gasteiger partial charge in [0.05, 0.1) is 17.2 Å². The molecule has 0 unspecified atom stereocenters. The van der Waals surface area contributed by atoms with Crippen molar-refractivity contribution in [3.8, 4) is 0 Å². The highest BCUT2D eigenvalue weighted by Crippen LogP contribution is 2.23. The highest BCUT2D eigenvalue weighted by Gasteiger charge is 2.18. The number of rotatable bonds is 5. The molecule has 0 aliphatic rings. The molecule has 0 fully saturated rings. The van der Waals surface area contributed by atoms with Crippen LogP contribution in [0.2, 0.25) is 10.0 Å². The SMILES string of the molecule is O=C(c1ccc(Cl)cc1Cl)N(CCO)Cc1ccccc1. The third kappa shape index (κ3) is 4.21. The summed E-state index contributed by atoms with van der Waals surface area (Å²) in [5.74, 6) is -0.227. The van der Waals surface area contributed by atoms with Crippen LogP contribution in [0.3, 0.4) is 0 Å². The molecule has 0 bridgehead atoms. The van der Waals surface area contributed by atoms with Crippen LogP contribution in [0.4, 0.5) is 0 Å². The zero-order valence-corrected chi connectivity index (χ0v) is 12.8. The van der Waals surface area contributed by atoms with Crippen LogP contribution in [0.5, 0.6) is 0 Å². The molecule has 0 radical (unpaired) electrons. The van der Waals surface area contributed by atoms with Crippen molar-refractivity contribution < 1.29 is 9.90 Å². The van der Waals surface area contributed by atoms with E-state index in [9.17, 15) is 9.90 Å². The van der Waals surface area contributed by atoms with E-state index in [-0.39, 0.29) is 19.1 Å². The van der Waals surface area contributed by atoms with Crippen LogP contribution >= 0.6 is 23.2 Å². The average molecular weight is 324 g/mol. The van der Waals surface area contributed by atoms with Crippen LogP contribution in [0.25, 0.3) is 0 Å². The van der Waals surface area contributed by atoms with Gasteiger partial charge in [-0.2, -0.15) is 0 Å². The Morgan fingerprint density at radius 2 is 1.81 bits per heavy atom. The summed E-state index contributed by atoms with van der Waals surface area (Å²) in [6.45, 7) is 0.551. The molecule has 2 aromatic rings. The molecule has 0 aliphatic heterocycles.